The largest absolute Gasteiger partial charge is 0.462 e. The van der Waals surface area contributed by atoms with Gasteiger partial charge in [-0.1, -0.05) is 222 Å². The summed E-state index contributed by atoms with van der Waals surface area (Å²) < 4.78 is 16.7. The van der Waals surface area contributed by atoms with Crippen LogP contribution in [0.1, 0.15) is 239 Å². The van der Waals surface area contributed by atoms with Crippen LogP contribution in [0.5, 0.6) is 0 Å². The molecule has 0 radical (unpaired) electrons. The van der Waals surface area contributed by atoms with E-state index in [-0.39, 0.29) is 31.1 Å². The second-order valence-electron chi connectivity index (χ2n) is 16.7. The first-order valence-corrected chi connectivity index (χ1v) is 25.4. The SMILES string of the molecule is CC/C=C\C/C=C\C/C=C\C/C=C\C/C=C\C/C=C\CCCCC(=O)OCC(COC(=O)CCCCCCCCCCCC)OC(=O)CCCCCCCCCCCCCC. The van der Waals surface area contributed by atoms with Crippen LogP contribution in [-0.4, -0.2) is 37.2 Å². The molecule has 0 amide bonds. The molecule has 0 N–H and O–H groups in total. The van der Waals surface area contributed by atoms with Crippen molar-refractivity contribution in [2.24, 2.45) is 0 Å². The van der Waals surface area contributed by atoms with Crippen molar-refractivity contribution in [2.75, 3.05) is 13.2 Å². The first-order valence-electron chi connectivity index (χ1n) is 25.4. The molecule has 0 aliphatic carbocycles. The predicted octanol–water partition coefficient (Wildman–Crippen LogP) is 16.6. The maximum atomic E-state index is 12.7. The highest BCUT2D eigenvalue weighted by atomic mass is 16.6. The Kier molecular flexibility index (Phi) is 46.9. The molecule has 0 heterocycles. The molecule has 350 valence electrons. The van der Waals surface area contributed by atoms with Gasteiger partial charge in [0.1, 0.15) is 13.2 Å². The lowest BCUT2D eigenvalue weighted by Crippen LogP contribution is -2.30. The highest BCUT2D eigenvalue weighted by molar-refractivity contribution is 5.71. The first-order chi connectivity index (χ1) is 30.0. The highest BCUT2D eigenvalue weighted by Gasteiger charge is 2.19. The minimum atomic E-state index is -0.788. The molecule has 0 aliphatic rings. The summed E-state index contributed by atoms with van der Waals surface area (Å²) in [6, 6.07) is 0. The molecule has 0 aromatic rings. The Bertz CT molecular complexity index is 1160. The van der Waals surface area contributed by atoms with E-state index in [9.17, 15) is 14.4 Å². The number of rotatable bonds is 45. The number of allylic oxidation sites excluding steroid dienone is 12. The molecule has 0 bridgehead atoms. The fraction of sp³-hybridized carbons (Fsp3) is 0.727. The molecule has 6 heteroatoms. The normalized spacial score (nSPS) is 12.6. The number of carbonyl (C=O) groups is 3. The Morgan fingerprint density at radius 3 is 1.00 bits per heavy atom. The lowest BCUT2D eigenvalue weighted by molar-refractivity contribution is -0.167. The fourth-order valence-corrected chi connectivity index (χ4v) is 6.92. The van der Waals surface area contributed by atoms with Crippen LogP contribution in [0, 0.1) is 0 Å². The van der Waals surface area contributed by atoms with Gasteiger partial charge in [0.15, 0.2) is 6.10 Å². The second-order valence-corrected chi connectivity index (χ2v) is 16.7. The molecule has 0 fully saturated rings. The van der Waals surface area contributed by atoms with Crippen molar-refractivity contribution >= 4 is 17.9 Å². The van der Waals surface area contributed by atoms with Crippen molar-refractivity contribution in [3.05, 3.63) is 72.9 Å². The van der Waals surface area contributed by atoms with Crippen LogP contribution in [0.2, 0.25) is 0 Å². The van der Waals surface area contributed by atoms with E-state index >= 15 is 0 Å². The summed E-state index contributed by atoms with van der Waals surface area (Å²) in [7, 11) is 0. The standard InChI is InChI=1S/C55H94O6/c1-4-7-10-13-16-19-22-24-25-26-27-28-29-30-31-32-34-36-39-42-45-48-54(57)60-51-52(50-59-53(56)47-44-41-38-35-21-18-15-12-9-6-3)61-55(58)49-46-43-40-37-33-23-20-17-14-11-8-5-2/h7,10,16,19,24-25,27-28,30-31,34,36,52H,4-6,8-9,11-15,17-18,20-23,26,29,32-33,35,37-51H2,1-3H3/b10-7-,19-16-,25-24-,28-27-,31-30-,36-34-. The summed E-state index contributed by atoms with van der Waals surface area (Å²) in [6.45, 7) is 6.47. The van der Waals surface area contributed by atoms with Gasteiger partial charge in [-0.2, -0.15) is 0 Å². The molecule has 1 atom stereocenters. The van der Waals surface area contributed by atoms with Crippen LogP contribution in [-0.2, 0) is 28.6 Å². The number of hydrogen-bond donors (Lipinski definition) is 0. The third kappa shape index (κ3) is 47.7. The third-order valence-corrected chi connectivity index (χ3v) is 10.7. The molecular formula is C55H94O6. The quantitative estimate of drug-likeness (QED) is 0.0263. The van der Waals surface area contributed by atoms with Crippen LogP contribution >= 0.6 is 0 Å². The van der Waals surface area contributed by atoms with Gasteiger partial charge in [-0.3, -0.25) is 14.4 Å². The van der Waals surface area contributed by atoms with Crippen molar-refractivity contribution < 1.29 is 28.6 Å². The second kappa shape index (κ2) is 49.5. The molecule has 0 rings (SSSR count). The zero-order chi connectivity index (χ0) is 44.4. The fourth-order valence-electron chi connectivity index (χ4n) is 6.92. The van der Waals surface area contributed by atoms with Gasteiger partial charge in [0, 0.05) is 19.3 Å². The molecule has 0 aromatic heterocycles. The summed E-state index contributed by atoms with van der Waals surface area (Å²) >= 11 is 0. The molecule has 0 aliphatic heterocycles. The van der Waals surface area contributed by atoms with E-state index < -0.39 is 6.10 Å². The summed E-state index contributed by atoms with van der Waals surface area (Å²) in [5, 5.41) is 0. The minimum Gasteiger partial charge on any atom is -0.462 e. The first kappa shape index (κ1) is 57.9. The van der Waals surface area contributed by atoms with Crippen LogP contribution in [0.15, 0.2) is 72.9 Å². The average Bonchev–Trinajstić information content (AvgIpc) is 3.26. The smallest absolute Gasteiger partial charge is 0.306 e. The Hall–Kier alpha value is -3.15. The van der Waals surface area contributed by atoms with Gasteiger partial charge in [-0.05, 0) is 70.6 Å². The van der Waals surface area contributed by atoms with Crippen LogP contribution < -0.4 is 0 Å². The van der Waals surface area contributed by atoms with Crippen LogP contribution in [0.25, 0.3) is 0 Å². The minimum absolute atomic E-state index is 0.0866. The van der Waals surface area contributed by atoms with E-state index in [1.54, 1.807) is 0 Å². The lowest BCUT2D eigenvalue weighted by Gasteiger charge is -2.18. The molecule has 0 aromatic carbocycles. The van der Waals surface area contributed by atoms with E-state index in [0.717, 1.165) is 96.3 Å². The monoisotopic (exact) mass is 851 g/mol. The van der Waals surface area contributed by atoms with Crippen LogP contribution in [0.3, 0.4) is 0 Å². The van der Waals surface area contributed by atoms with Gasteiger partial charge in [-0.25, -0.2) is 0 Å². The maximum Gasteiger partial charge on any atom is 0.306 e. The average molecular weight is 851 g/mol. The predicted molar refractivity (Wildman–Crippen MR) is 261 cm³/mol. The molecule has 6 nitrogen and oxygen atoms in total. The number of carbonyl (C=O) groups excluding carboxylic acids is 3. The Labute approximate surface area is 376 Å². The molecule has 0 spiro atoms. The Balaban J connectivity index is 4.39. The van der Waals surface area contributed by atoms with E-state index in [0.29, 0.717) is 19.3 Å². The zero-order valence-electron chi connectivity index (χ0n) is 39.9. The van der Waals surface area contributed by atoms with E-state index in [2.05, 4.69) is 93.7 Å². The molecule has 1 unspecified atom stereocenters. The van der Waals surface area contributed by atoms with Gasteiger partial charge in [0.05, 0.1) is 0 Å². The highest BCUT2D eigenvalue weighted by Crippen LogP contribution is 2.15. The van der Waals surface area contributed by atoms with Crippen molar-refractivity contribution in [1.82, 2.24) is 0 Å². The summed E-state index contributed by atoms with van der Waals surface area (Å²) in [5.74, 6) is -0.931. The van der Waals surface area contributed by atoms with E-state index in [1.807, 2.05) is 0 Å². The van der Waals surface area contributed by atoms with Gasteiger partial charge in [0.25, 0.3) is 0 Å². The van der Waals surface area contributed by atoms with Crippen molar-refractivity contribution in [3.8, 4) is 0 Å². The molecule has 0 saturated carbocycles. The lowest BCUT2D eigenvalue weighted by atomic mass is 10.0. The molecular weight excluding hydrogens is 757 g/mol. The van der Waals surface area contributed by atoms with Gasteiger partial charge >= 0.3 is 17.9 Å². The third-order valence-electron chi connectivity index (χ3n) is 10.7. The number of ether oxygens (including phenoxy) is 3. The number of hydrogen-bond acceptors (Lipinski definition) is 6. The Morgan fingerprint density at radius 2 is 0.639 bits per heavy atom. The van der Waals surface area contributed by atoms with Crippen molar-refractivity contribution in [3.63, 3.8) is 0 Å². The maximum absolute atomic E-state index is 12.7. The summed E-state index contributed by atoms with van der Waals surface area (Å²) in [4.78, 5) is 37.8. The zero-order valence-corrected chi connectivity index (χ0v) is 39.9. The molecule has 0 saturated heterocycles. The van der Waals surface area contributed by atoms with Gasteiger partial charge in [-0.15, -0.1) is 0 Å². The number of unbranched alkanes of at least 4 members (excludes halogenated alkanes) is 22. The van der Waals surface area contributed by atoms with Gasteiger partial charge < -0.3 is 14.2 Å². The van der Waals surface area contributed by atoms with E-state index in [4.69, 9.17) is 14.2 Å². The Morgan fingerprint density at radius 1 is 0.344 bits per heavy atom. The summed E-state index contributed by atoms with van der Waals surface area (Å²) in [6.07, 6.45) is 61.7. The van der Waals surface area contributed by atoms with Crippen LogP contribution in [0.4, 0.5) is 0 Å². The van der Waals surface area contributed by atoms with Crippen molar-refractivity contribution in [2.45, 2.75) is 245 Å². The molecule has 61 heavy (non-hydrogen) atoms. The summed E-state index contributed by atoms with van der Waals surface area (Å²) in [5.41, 5.74) is 0. The van der Waals surface area contributed by atoms with Gasteiger partial charge in [0.2, 0.25) is 0 Å². The van der Waals surface area contributed by atoms with E-state index in [1.165, 1.54) is 103 Å². The topological polar surface area (TPSA) is 78.9 Å². The van der Waals surface area contributed by atoms with Crippen molar-refractivity contribution in [1.29, 1.82) is 0 Å². The number of esters is 3.